The van der Waals surface area contributed by atoms with Gasteiger partial charge in [0.05, 0.1) is 17.6 Å². The fourth-order valence-corrected chi connectivity index (χ4v) is 2.37. The largest absolute Gasteiger partial charge is 0.394 e. The van der Waals surface area contributed by atoms with Crippen molar-refractivity contribution in [3.63, 3.8) is 0 Å². The van der Waals surface area contributed by atoms with E-state index < -0.39 is 0 Å². The summed E-state index contributed by atoms with van der Waals surface area (Å²) in [5, 5.41) is 20.3. The van der Waals surface area contributed by atoms with Crippen molar-refractivity contribution < 1.29 is 10.0 Å². The third-order valence-corrected chi connectivity index (χ3v) is 3.22. The number of aliphatic hydroxyl groups is 1. The molecule has 5 nitrogen and oxygen atoms in total. The minimum Gasteiger partial charge on any atom is -0.394 e. The molecule has 1 saturated heterocycles. The average molecular weight is 236 g/mol. The number of aryl methyl sites for hydroxylation is 1. The number of nitrogens with zero attached hydrogens (tertiary/aromatic N) is 2. The minimum absolute atomic E-state index is 0.0106. The van der Waals surface area contributed by atoms with Crippen LogP contribution in [-0.4, -0.2) is 29.2 Å². The Morgan fingerprint density at radius 1 is 1.59 bits per heavy atom. The molecule has 1 atom stereocenters. The molecule has 17 heavy (non-hydrogen) atoms. The molecule has 1 aliphatic heterocycles. The number of aliphatic hydroxyl groups excluding tert-OH is 1. The summed E-state index contributed by atoms with van der Waals surface area (Å²) in [6, 6.07) is 5.25. The number of nitro benzene ring substituents is 1. The summed E-state index contributed by atoms with van der Waals surface area (Å²) in [6.07, 6.45) is 1.86. The lowest BCUT2D eigenvalue weighted by atomic mass is 10.1. The van der Waals surface area contributed by atoms with Gasteiger partial charge in [0, 0.05) is 12.6 Å². The lowest BCUT2D eigenvalue weighted by Crippen LogP contribution is -2.32. The smallest absolute Gasteiger partial charge is 0.292 e. The van der Waals surface area contributed by atoms with Gasteiger partial charge in [0.2, 0.25) is 0 Å². The lowest BCUT2D eigenvalue weighted by molar-refractivity contribution is -0.384. The van der Waals surface area contributed by atoms with Crippen LogP contribution in [0.15, 0.2) is 18.2 Å². The normalized spacial score (nSPS) is 19.6. The first-order valence-electron chi connectivity index (χ1n) is 5.76. The number of hydrogen-bond acceptors (Lipinski definition) is 4. The summed E-state index contributed by atoms with van der Waals surface area (Å²) < 4.78 is 0. The molecule has 1 aliphatic rings. The van der Waals surface area contributed by atoms with E-state index in [2.05, 4.69) is 0 Å². The first-order valence-corrected chi connectivity index (χ1v) is 5.76. The van der Waals surface area contributed by atoms with Crippen molar-refractivity contribution >= 4 is 11.4 Å². The Bertz CT molecular complexity index is 434. The molecule has 1 unspecified atom stereocenters. The molecule has 1 heterocycles. The summed E-state index contributed by atoms with van der Waals surface area (Å²) in [5.74, 6) is 0. The first kappa shape index (κ1) is 11.9. The van der Waals surface area contributed by atoms with Crippen LogP contribution in [0.25, 0.3) is 0 Å². The Kier molecular flexibility index (Phi) is 3.28. The van der Waals surface area contributed by atoms with E-state index in [1.165, 1.54) is 0 Å². The topological polar surface area (TPSA) is 66.6 Å². The second-order valence-electron chi connectivity index (χ2n) is 4.42. The van der Waals surface area contributed by atoms with E-state index in [0.29, 0.717) is 5.69 Å². The Labute approximate surface area is 99.8 Å². The van der Waals surface area contributed by atoms with Gasteiger partial charge in [-0.3, -0.25) is 10.1 Å². The van der Waals surface area contributed by atoms with Gasteiger partial charge in [-0.1, -0.05) is 6.07 Å². The standard InChI is InChI=1S/C12H16N2O3/c1-9-4-5-11(12(7-9)14(16)17)13-6-2-3-10(13)8-15/h4-5,7,10,15H,2-3,6,8H2,1H3. The van der Waals surface area contributed by atoms with E-state index in [4.69, 9.17) is 0 Å². The summed E-state index contributed by atoms with van der Waals surface area (Å²) in [6.45, 7) is 2.66. The predicted molar refractivity (Wildman–Crippen MR) is 65.3 cm³/mol. The quantitative estimate of drug-likeness (QED) is 0.642. The van der Waals surface area contributed by atoms with Crippen molar-refractivity contribution in [3.8, 4) is 0 Å². The summed E-state index contributed by atoms with van der Waals surface area (Å²) >= 11 is 0. The molecule has 1 N–H and O–H groups in total. The second kappa shape index (κ2) is 4.71. The predicted octanol–water partition coefficient (Wildman–Crippen LogP) is 1.86. The van der Waals surface area contributed by atoms with Gasteiger partial charge in [-0.15, -0.1) is 0 Å². The number of benzene rings is 1. The zero-order valence-electron chi connectivity index (χ0n) is 9.80. The van der Waals surface area contributed by atoms with Gasteiger partial charge in [0.15, 0.2) is 0 Å². The van der Waals surface area contributed by atoms with Crippen LogP contribution >= 0.6 is 0 Å². The van der Waals surface area contributed by atoms with Crippen LogP contribution in [-0.2, 0) is 0 Å². The molecule has 5 heteroatoms. The Morgan fingerprint density at radius 3 is 3.00 bits per heavy atom. The van der Waals surface area contributed by atoms with Crippen LogP contribution in [0.2, 0.25) is 0 Å². The highest BCUT2D eigenvalue weighted by Gasteiger charge is 2.29. The number of rotatable bonds is 3. The lowest BCUT2D eigenvalue weighted by Gasteiger charge is -2.24. The maximum Gasteiger partial charge on any atom is 0.292 e. The highest BCUT2D eigenvalue weighted by Crippen LogP contribution is 2.33. The maximum atomic E-state index is 11.0. The fourth-order valence-electron chi connectivity index (χ4n) is 2.37. The molecule has 0 bridgehead atoms. The molecule has 1 fully saturated rings. The van der Waals surface area contributed by atoms with Gasteiger partial charge in [-0.2, -0.15) is 0 Å². The average Bonchev–Trinajstić information content (AvgIpc) is 2.76. The zero-order valence-corrected chi connectivity index (χ0v) is 9.80. The van der Waals surface area contributed by atoms with E-state index in [-0.39, 0.29) is 23.3 Å². The minimum atomic E-state index is -0.352. The van der Waals surface area contributed by atoms with Crippen molar-refractivity contribution in [2.45, 2.75) is 25.8 Å². The van der Waals surface area contributed by atoms with Crippen molar-refractivity contribution in [2.75, 3.05) is 18.1 Å². The van der Waals surface area contributed by atoms with Crippen molar-refractivity contribution in [3.05, 3.63) is 33.9 Å². The van der Waals surface area contributed by atoms with Gasteiger partial charge in [0.1, 0.15) is 5.69 Å². The summed E-state index contributed by atoms with van der Waals surface area (Å²) in [5.41, 5.74) is 1.63. The van der Waals surface area contributed by atoms with E-state index in [1.54, 1.807) is 12.1 Å². The van der Waals surface area contributed by atoms with E-state index in [0.717, 1.165) is 24.9 Å². The molecule has 0 spiro atoms. The highest BCUT2D eigenvalue weighted by atomic mass is 16.6. The molecule has 0 saturated carbocycles. The Balaban J connectivity index is 2.40. The molecule has 0 amide bonds. The molecule has 1 aromatic rings. The Morgan fingerprint density at radius 2 is 2.35 bits per heavy atom. The van der Waals surface area contributed by atoms with E-state index in [1.807, 2.05) is 17.9 Å². The highest BCUT2D eigenvalue weighted by molar-refractivity contribution is 5.65. The van der Waals surface area contributed by atoms with Gasteiger partial charge >= 0.3 is 0 Å². The first-order chi connectivity index (χ1) is 8.13. The SMILES string of the molecule is Cc1ccc(N2CCCC2CO)c([N+](=O)[O-])c1. The number of hydrogen-bond donors (Lipinski definition) is 1. The number of nitro groups is 1. The third kappa shape index (κ3) is 2.24. The fraction of sp³-hybridized carbons (Fsp3) is 0.500. The van der Waals surface area contributed by atoms with Gasteiger partial charge in [-0.25, -0.2) is 0 Å². The molecular formula is C12H16N2O3. The van der Waals surface area contributed by atoms with Crippen molar-refractivity contribution in [2.24, 2.45) is 0 Å². The van der Waals surface area contributed by atoms with E-state index >= 15 is 0 Å². The second-order valence-corrected chi connectivity index (χ2v) is 4.42. The van der Waals surface area contributed by atoms with Crippen LogP contribution in [0.4, 0.5) is 11.4 Å². The van der Waals surface area contributed by atoms with Crippen molar-refractivity contribution in [1.82, 2.24) is 0 Å². The summed E-state index contributed by atoms with van der Waals surface area (Å²) in [7, 11) is 0. The van der Waals surface area contributed by atoms with Crippen LogP contribution in [0.1, 0.15) is 18.4 Å². The molecule has 2 rings (SSSR count). The van der Waals surface area contributed by atoms with Gasteiger partial charge < -0.3 is 10.0 Å². The monoisotopic (exact) mass is 236 g/mol. The molecule has 1 aromatic carbocycles. The molecule has 0 aliphatic carbocycles. The molecule has 0 aromatic heterocycles. The van der Waals surface area contributed by atoms with Gasteiger partial charge in [0.25, 0.3) is 5.69 Å². The van der Waals surface area contributed by atoms with Crippen LogP contribution < -0.4 is 4.90 Å². The van der Waals surface area contributed by atoms with Crippen LogP contribution in [0.5, 0.6) is 0 Å². The van der Waals surface area contributed by atoms with E-state index in [9.17, 15) is 15.2 Å². The maximum absolute atomic E-state index is 11.0. The van der Waals surface area contributed by atoms with Crippen molar-refractivity contribution in [1.29, 1.82) is 0 Å². The summed E-state index contributed by atoms with van der Waals surface area (Å²) in [4.78, 5) is 12.6. The molecular weight excluding hydrogens is 220 g/mol. The Hall–Kier alpha value is -1.62. The third-order valence-electron chi connectivity index (χ3n) is 3.22. The van der Waals surface area contributed by atoms with Crippen LogP contribution in [0, 0.1) is 17.0 Å². The van der Waals surface area contributed by atoms with Crippen LogP contribution in [0.3, 0.4) is 0 Å². The molecule has 92 valence electrons. The molecule has 0 radical (unpaired) electrons. The zero-order chi connectivity index (χ0) is 12.4. The van der Waals surface area contributed by atoms with Gasteiger partial charge in [-0.05, 0) is 31.4 Å². The number of anilines is 1.